The van der Waals surface area contributed by atoms with Crippen LogP contribution in [0, 0.1) is 0 Å². The minimum absolute atomic E-state index is 0.112. The van der Waals surface area contributed by atoms with Gasteiger partial charge in [-0.3, -0.25) is 9.79 Å². The zero-order valence-corrected chi connectivity index (χ0v) is 6.10. The SMILES string of the molecule is O=C(O)CSC1=NC=CC1. The van der Waals surface area contributed by atoms with Gasteiger partial charge in [-0.1, -0.05) is 17.8 Å². The molecule has 0 aromatic heterocycles. The summed E-state index contributed by atoms with van der Waals surface area (Å²) in [4.78, 5) is 14.0. The lowest BCUT2D eigenvalue weighted by molar-refractivity contribution is -0.133. The third kappa shape index (κ3) is 2.23. The number of thioether (sulfide) groups is 1. The summed E-state index contributed by atoms with van der Waals surface area (Å²) in [5.74, 6) is -0.680. The zero-order chi connectivity index (χ0) is 7.40. The van der Waals surface area contributed by atoms with E-state index in [0.29, 0.717) is 0 Å². The van der Waals surface area contributed by atoms with E-state index in [2.05, 4.69) is 4.99 Å². The predicted octanol–water partition coefficient (Wildman–Crippen LogP) is 1.12. The minimum atomic E-state index is -0.792. The molecule has 10 heavy (non-hydrogen) atoms. The van der Waals surface area contributed by atoms with Gasteiger partial charge in [0.1, 0.15) is 0 Å². The maximum atomic E-state index is 10.1. The van der Waals surface area contributed by atoms with Crippen LogP contribution in [-0.2, 0) is 4.79 Å². The number of rotatable bonds is 2. The van der Waals surface area contributed by atoms with Gasteiger partial charge in [0.25, 0.3) is 0 Å². The second kappa shape index (κ2) is 3.41. The Morgan fingerprint density at radius 3 is 3.20 bits per heavy atom. The van der Waals surface area contributed by atoms with Crippen LogP contribution in [-0.4, -0.2) is 21.9 Å². The number of carboxylic acids is 1. The van der Waals surface area contributed by atoms with Gasteiger partial charge in [0.15, 0.2) is 0 Å². The van der Waals surface area contributed by atoms with Crippen LogP contribution in [0.1, 0.15) is 6.42 Å². The Labute approximate surface area is 62.8 Å². The number of nitrogens with zero attached hydrogens (tertiary/aromatic N) is 1. The summed E-state index contributed by atoms with van der Waals surface area (Å²) >= 11 is 1.28. The van der Waals surface area contributed by atoms with Crippen molar-refractivity contribution in [3.63, 3.8) is 0 Å². The van der Waals surface area contributed by atoms with Crippen molar-refractivity contribution in [3.8, 4) is 0 Å². The van der Waals surface area contributed by atoms with Gasteiger partial charge in [0.2, 0.25) is 0 Å². The molecule has 0 atom stereocenters. The zero-order valence-electron chi connectivity index (χ0n) is 5.28. The summed E-state index contributed by atoms with van der Waals surface area (Å²) in [7, 11) is 0. The predicted molar refractivity (Wildman–Crippen MR) is 41.3 cm³/mol. The number of hydrogen-bond acceptors (Lipinski definition) is 3. The molecule has 0 bridgehead atoms. The molecule has 0 radical (unpaired) electrons. The Hall–Kier alpha value is -0.770. The summed E-state index contributed by atoms with van der Waals surface area (Å²) in [6.45, 7) is 0. The van der Waals surface area contributed by atoms with E-state index >= 15 is 0 Å². The van der Waals surface area contributed by atoms with Crippen LogP contribution in [0.25, 0.3) is 0 Å². The summed E-state index contributed by atoms with van der Waals surface area (Å²) < 4.78 is 0. The molecule has 1 rings (SSSR count). The van der Waals surface area contributed by atoms with Crippen LogP contribution in [0.3, 0.4) is 0 Å². The molecule has 4 heteroatoms. The average molecular weight is 157 g/mol. The molecule has 0 spiro atoms. The Balaban J connectivity index is 2.21. The molecular formula is C6H7NO2S. The summed E-state index contributed by atoms with van der Waals surface area (Å²) in [5.41, 5.74) is 0. The molecular weight excluding hydrogens is 150 g/mol. The van der Waals surface area contributed by atoms with Crippen molar-refractivity contribution in [3.05, 3.63) is 12.3 Å². The molecule has 1 N–H and O–H groups in total. The smallest absolute Gasteiger partial charge is 0.313 e. The third-order valence-corrected chi connectivity index (χ3v) is 1.98. The molecule has 1 aliphatic rings. The molecule has 1 heterocycles. The van der Waals surface area contributed by atoms with E-state index in [-0.39, 0.29) is 5.75 Å². The van der Waals surface area contributed by atoms with Crippen molar-refractivity contribution in [2.45, 2.75) is 6.42 Å². The lowest BCUT2D eigenvalue weighted by Gasteiger charge is -1.93. The first-order valence-electron chi connectivity index (χ1n) is 2.85. The van der Waals surface area contributed by atoms with Crippen LogP contribution >= 0.6 is 11.8 Å². The van der Waals surface area contributed by atoms with Crippen LogP contribution in [0.4, 0.5) is 0 Å². The summed E-state index contributed by atoms with van der Waals surface area (Å²) in [6.07, 6.45) is 4.40. The van der Waals surface area contributed by atoms with Gasteiger partial charge < -0.3 is 5.11 Å². The lowest BCUT2D eigenvalue weighted by atomic mass is 10.5. The number of allylic oxidation sites excluding steroid dienone is 1. The molecule has 54 valence electrons. The molecule has 0 saturated carbocycles. The van der Waals surface area contributed by atoms with Crippen molar-refractivity contribution in [2.75, 3.05) is 5.75 Å². The number of aliphatic carboxylic acids is 1. The molecule has 0 amide bonds. The summed E-state index contributed by atoms with van der Waals surface area (Å²) in [5, 5.41) is 9.17. The molecule has 1 aliphatic heterocycles. The number of hydrogen-bond donors (Lipinski definition) is 1. The topological polar surface area (TPSA) is 49.7 Å². The highest BCUT2D eigenvalue weighted by Gasteiger charge is 2.04. The van der Waals surface area contributed by atoms with E-state index in [1.807, 2.05) is 6.08 Å². The average Bonchev–Trinajstić information content (AvgIpc) is 2.34. The number of carbonyl (C=O) groups is 1. The fourth-order valence-corrected chi connectivity index (χ4v) is 1.22. The number of carboxylic acid groups (broad SMARTS) is 1. The molecule has 0 aliphatic carbocycles. The van der Waals surface area contributed by atoms with Crippen molar-refractivity contribution in [1.82, 2.24) is 0 Å². The standard InChI is InChI=1S/C6H7NO2S/c8-6(9)4-10-5-2-1-3-7-5/h1,3H,2,4H2,(H,8,9). The van der Waals surface area contributed by atoms with Gasteiger partial charge in [-0.2, -0.15) is 0 Å². The Bertz CT molecular complexity index is 198. The van der Waals surface area contributed by atoms with Gasteiger partial charge in [0.05, 0.1) is 10.8 Å². The first-order chi connectivity index (χ1) is 4.79. The maximum absolute atomic E-state index is 10.1. The van der Waals surface area contributed by atoms with Crippen LogP contribution < -0.4 is 0 Å². The fraction of sp³-hybridized carbons (Fsp3) is 0.333. The van der Waals surface area contributed by atoms with E-state index in [0.717, 1.165) is 11.5 Å². The molecule has 0 saturated heterocycles. The van der Waals surface area contributed by atoms with Crippen LogP contribution in [0.5, 0.6) is 0 Å². The fourth-order valence-electron chi connectivity index (χ4n) is 0.583. The molecule has 0 aromatic carbocycles. The van der Waals surface area contributed by atoms with E-state index in [1.54, 1.807) is 6.20 Å². The van der Waals surface area contributed by atoms with Crippen molar-refractivity contribution >= 4 is 22.8 Å². The van der Waals surface area contributed by atoms with Gasteiger partial charge in [-0.25, -0.2) is 0 Å². The van der Waals surface area contributed by atoms with Gasteiger partial charge in [-0.15, -0.1) is 0 Å². The van der Waals surface area contributed by atoms with Gasteiger partial charge in [0, 0.05) is 12.6 Å². The molecule has 0 fully saturated rings. The van der Waals surface area contributed by atoms with E-state index in [1.165, 1.54) is 11.8 Å². The Morgan fingerprint density at radius 2 is 2.70 bits per heavy atom. The van der Waals surface area contributed by atoms with E-state index in [4.69, 9.17) is 5.11 Å². The molecule has 0 aromatic rings. The highest BCUT2D eigenvalue weighted by atomic mass is 32.2. The highest BCUT2D eigenvalue weighted by Crippen LogP contribution is 2.12. The third-order valence-electron chi connectivity index (χ3n) is 0.979. The lowest BCUT2D eigenvalue weighted by Crippen LogP contribution is -2.00. The summed E-state index contributed by atoms with van der Waals surface area (Å²) in [6, 6.07) is 0. The van der Waals surface area contributed by atoms with Crippen molar-refractivity contribution in [1.29, 1.82) is 0 Å². The van der Waals surface area contributed by atoms with Crippen LogP contribution in [0.15, 0.2) is 17.3 Å². The minimum Gasteiger partial charge on any atom is -0.481 e. The first-order valence-corrected chi connectivity index (χ1v) is 3.84. The van der Waals surface area contributed by atoms with Crippen molar-refractivity contribution < 1.29 is 9.90 Å². The van der Waals surface area contributed by atoms with Crippen molar-refractivity contribution in [2.24, 2.45) is 4.99 Å². The van der Waals surface area contributed by atoms with Crippen LogP contribution in [0.2, 0.25) is 0 Å². The molecule has 3 nitrogen and oxygen atoms in total. The largest absolute Gasteiger partial charge is 0.481 e. The van der Waals surface area contributed by atoms with E-state index in [9.17, 15) is 4.79 Å². The van der Waals surface area contributed by atoms with Gasteiger partial charge in [-0.05, 0) is 0 Å². The van der Waals surface area contributed by atoms with E-state index < -0.39 is 5.97 Å². The maximum Gasteiger partial charge on any atom is 0.313 e. The first kappa shape index (κ1) is 7.34. The Morgan fingerprint density at radius 1 is 1.90 bits per heavy atom. The number of aliphatic imine (C=N–C) groups is 1. The Kier molecular flexibility index (Phi) is 2.50. The van der Waals surface area contributed by atoms with Gasteiger partial charge >= 0.3 is 5.97 Å². The second-order valence-corrected chi connectivity index (χ2v) is 2.84. The molecule has 0 unspecified atom stereocenters. The highest BCUT2D eigenvalue weighted by molar-refractivity contribution is 8.14. The monoisotopic (exact) mass is 157 g/mol. The second-order valence-electron chi connectivity index (χ2n) is 1.79. The quantitative estimate of drug-likeness (QED) is 0.653. The normalized spacial score (nSPS) is 15.4.